The molecule has 1 saturated heterocycles. The molecule has 3 heteroatoms. The zero-order valence-corrected chi connectivity index (χ0v) is 8.88. The van der Waals surface area contributed by atoms with E-state index in [1.165, 1.54) is 25.8 Å². The minimum atomic E-state index is 0.755. The van der Waals surface area contributed by atoms with E-state index in [2.05, 4.69) is 17.3 Å². The summed E-state index contributed by atoms with van der Waals surface area (Å²) in [6.07, 6.45) is 3.65. The summed E-state index contributed by atoms with van der Waals surface area (Å²) in [6.45, 7) is 4.21. The van der Waals surface area contributed by atoms with Crippen LogP contribution in [0.1, 0.15) is 19.3 Å². The van der Waals surface area contributed by atoms with Crippen LogP contribution in [0.15, 0.2) is 0 Å². The summed E-state index contributed by atoms with van der Waals surface area (Å²) >= 11 is 0. The SMILES string of the molecule is CNCCCN(C)C1CCOCC1. The lowest BCUT2D eigenvalue weighted by Gasteiger charge is -2.31. The van der Waals surface area contributed by atoms with Crippen LogP contribution in [0.3, 0.4) is 0 Å². The molecule has 0 amide bonds. The Balaban J connectivity index is 2.09. The van der Waals surface area contributed by atoms with Crippen molar-refractivity contribution in [2.24, 2.45) is 0 Å². The van der Waals surface area contributed by atoms with Gasteiger partial charge in [-0.25, -0.2) is 0 Å². The topological polar surface area (TPSA) is 24.5 Å². The maximum absolute atomic E-state index is 5.34. The predicted octanol–water partition coefficient (Wildman–Crippen LogP) is 0.707. The van der Waals surface area contributed by atoms with Crippen LogP contribution in [-0.4, -0.2) is 51.3 Å². The van der Waals surface area contributed by atoms with Crippen LogP contribution in [-0.2, 0) is 4.74 Å². The summed E-state index contributed by atoms with van der Waals surface area (Å²) in [4.78, 5) is 2.47. The second-order valence-corrected chi connectivity index (χ2v) is 3.78. The highest BCUT2D eigenvalue weighted by Gasteiger charge is 2.17. The van der Waals surface area contributed by atoms with E-state index in [9.17, 15) is 0 Å². The Hall–Kier alpha value is -0.120. The molecule has 0 spiro atoms. The molecule has 0 atom stereocenters. The van der Waals surface area contributed by atoms with Gasteiger partial charge >= 0.3 is 0 Å². The van der Waals surface area contributed by atoms with E-state index < -0.39 is 0 Å². The molecule has 13 heavy (non-hydrogen) atoms. The van der Waals surface area contributed by atoms with Crippen molar-refractivity contribution in [1.29, 1.82) is 0 Å². The van der Waals surface area contributed by atoms with Crippen molar-refractivity contribution < 1.29 is 4.74 Å². The zero-order chi connectivity index (χ0) is 9.52. The van der Waals surface area contributed by atoms with E-state index in [0.717, 1.165) is 25.8 Å². The van der Waals surface area contributed by atoms with E-state index in [-0.39, 0.29) is 0 Å². The minimum absolute atomic E-state index is 0.755. The van der Waals surface area contributed by atoms with Gasteiger partial charge in [0, 0.05) is 19.3 Å². The Morgan fingerprint density at radius 2 is 2.08 bits per heavy atom. The molecule has 1 N–H and O–H groups in total. The summed E-state index contributed by atoms with van der Waals surface area (Å²) < 4.78 is 5.34. The molecule has 0 radical (unpaired) electrons. The van der Waals surface area contributed by atoms with Gasteiger partial charge in [-0.2, -0.15) is 0 Å². The fourth-order valence-corrected chi connectivity index (χ4v) is 1.81. The average Bonchev–Trinajstić information content (AvgIpc) is 2.19. The maximum Gasteiger partial charge on any atom is 0.0480 e. The van der Waals surface area contributed by atoms with E-state index in [1.54, 1.807) is 0 Å². The first kappa shape index (κ1) is 11.0. The number of hydrogen-bond acceptors (Lipinski definition) is 3. The van der Waals surface area contributed by atoms with Crippen LogP contribution in [0.5, 0.6) is 0 Å². The summed E-state index contributed by atoms with van der Waals surface area (Å²) in [5, 5.41) is 3.17. The largest absolute Gasteiger partial charge is 0.381 e. The van der Waals surface area contributed by atoms with Gasteiger partial charge in [0.15, 0.2) is 0 Å². The molecule has 1 heterocycles. The zero-order valence-electron chi connectivity index (χ0n) is 8.88. The first-order chi connectivity index (χ1) is 6.34. The van der Waals surface area contributed by atoms with Gasteiger partial charge in [-0.15, -0.1) is 0 Å². The summed E-state index contributed by atoms with van der Waals surface area (Å²) in [5.74, 6) is 0. The average molecular weight is 186 g/mol. The van der Waals surface area contributed by atoms with Crippen LogP contribution < -0.4 is 5.32 Å². The van der Waals surface area contributed by atoms with Gasteiger partial charge < -0.3 is 15.0 Å². The molecular formula is C10H22N2O. The Morgan fingerprint density at radius 1 is 1.38 bits per heavy atom. The highest BCUT2D eigenvalue weighted by atomic mass is 16.5. The second kappa shape index (κ2) is 6.35. The fourth-order valence-electron chi connectivity index (χ4n) is 1.81. The number of nitrogens with one attached hydrogen (secondary N) is 1. The molecule has 1 aliphatic rings. The maximum atomic E-state index is 5.34. The van der Waals surface area contributed by atoms with Crippen LogP contribution in [0.2, 0.25) is 0 Å². The molecule has 0 aromatic heterocycles. The monoisotopic (exact) mass is 186 g/mol. The molecule has 3 nitrogen and oxygen atoms in total. The highest BCUT2D eigenvalue weighted by Crippen LogP contribution is 2.12. The lowest BCUT2D eigenvalue weighted by atomic mass is 10.1. The smallest absolute Gasteiger partial charge is 0.0480 e. The highest BCUT2D eigenvalue weighted by molar-refractivity contribution is 4.71. The van der Waals surface area contributed by atoms with E-state index in [4.69, 9.17) is 4.74 Å². The number of ether oxygens (including phenoxy) is 1. The lowest BCUT2D eigenvalue weighted by molar-refractivity contribution is 0.0428. The lowest BCUT2D eigenvalue weighted by Crippen LogP contribution is -2.37. The molecule has 1 aliphatic heterocycles. The summed E-state index contributed by atoms with van der Waals surface area (Å²) in [5.41, 5.74) is 0. The van der Waals surface area contributed by atoms with Gasteiger partial charge in [0.1, 0.15) is 0 Å². The summed E-state index contributed by atoms with van der Waals surface area (Å²) in [6, 6.07) is 0.755. The third-order valence-electron chi connectivity index (χ3n) is 2.75. The molecule has 1 fully saturated rings. The Morgan fingerprint density at radius 3 is 2.69 bits per heavy atom. The van der Waals surface area contributed by atoms with Gasteiger partial charge in [0.05, 0.1) is 0 Å². The number of rotatable bonds is 5. The van der Waals surface area contributed by atoms with Crippen molar-refractivity contribution in [2.75, 3.05) is 40.4 Å². The molecule has 0 unspecified atom stereocenters. The van der Waals surface area contributed by atoms with E-state index >= 15 is 0 Å². The van der Waals surface area contributed by atoms with Crippen LogP contribution in [0.25, 0.3) is 0 Å². The molecule has 0 aliphatic carbocycles. The molecule has 1 rings (SSSR count). The van der Waals surface area contributed by atoms with E-state index in [0.29, 0.717) is 0 Å². The first-order valence-corrected chi connectivity index (χ1v) is 5.27. The molecular weight excluding hydrogens is 164 g/mol. The van der Waals surface area contributed by atoms with Gasteiger partial charge in [0.2, 0.25) is 0 Å². The van der Waals surface area contributed by atoms with Gasteiger partial charge in [-0.05, 0) is 46.4 Å². The van der Waals surface area contributed by atoms with Crippen molar-refractivity contribution in [2.45, 2.75) is 25.3 Å². The third kappa shape index (κ3) is 4.07. The second-order valence-electron chi connectivity index (χ2n) is 3.78. The number of hydrogen-bond donors (Lipinski definition) is 1. The number of nitrogens with zero attached hydrogens (tertiary/aromatic N) is 1. The Kier molecular flexibility index (Phi) is 5.35. The third-order valence-corrected chi connectivity index (χ3v) is 2.75. The quantitative estimate of drug-likeness (QED) is 0.640. The Bertz CT molecular complexity index is 124. The van der Waals surface area contributed by atoms with Crippen LogP contribution in [0.4, 0.5) is 0 Å². The van der Waals surface area contributed by atoms with Gasteiger partial charge in [0.25, 0.3) is 0 Å². The standard InChI is InChI=1S/C10H22N2O/c1-11-6-3-7-12(2)10-4-8-13-9-5-10/h10-11H,3-9H2,1-2H3. The molecule has 0 aromatic carbocycles. The van der Waals surface area contributed by atoms with Gasteiger partial charge in [-0.3, -0.25) is 0 Å². The van der Waals surface area contributed by atoms with Crippen molar-refractivity contribution >= 4 is 0 Å². The molecule has 0 saturated carbocycles. The van der Waals surface area contributed by atoms with Crippen molar-refractivity contribution in [3.8, 4) is 0 Å². The van der Waals surface area contributed by atoms with Crippen molar-refractivity contribution in [1.82, 2.24) is 10.2 Å². The fraction of sp³-hybridized carbons (Fsp3) is 1.00. The first-order valence-electron chi connectivity index (χ1n) is 5.27. The molecule has 0 aromatic rings. The van der Waals surface area contributed by atoms with Crippen molar-refractivity contribution in [3.05, 3.63) is 0 Å². The van der Waals surface area contributed by atoms with Gasteiger partial charge in [-0.1, -0.05) is 0 Å². The van der Waals surface area contributed by atoms with E-state index in [1.807, 2.05) is 7.05 Å². The van der Waals surface area contributed by atoms with Crippen LogP contribution >= 0.6 is 0 Å². The summed E-state index contributed by atoms with van der Waals surface area (Å²) in [7, 11) is 4.24. The molecule has 78 valence electrons. The van der Waals surface area contributed by atoms with Crippen molar-refractivity contribution in [3.63, 3.8) is 0 Å². The molecule has 0 bridgehead atoms. The predicted molar refractivity (Wildman–Crippen MR) is 55.0 cm³/mol. The normalized spacial score (nSPS) is 19.6. The van der Waals surface area contributed by atoms with Crippen LogP contribution in [0, 0.1) is 0 Å². The minimum Gasteiger partial charge on any atom is -0.381 e. The Labute approximate surface area is 81.4 Å².